The molecule has 22 heavy (non-hydrogen) atoms. The number of halogens is 1. The van der Waals surface area contributed by atoms with Gasteiger partial charge in [0.25, 0.3) is 0 Å². The molecule has 0 aliphatic heterocycles. The molecule has 0 fully saturated rings. The summed E-state index contributed by atoms with van der Waals surface area (Å²) in [4.78, 5) is 4.18. The molecule has 0 spiro atoms. The summed E-state index contributed by atoms with van der Waals surface area (Å²) in [5, 5.41) is 0. The molecule has 120 valence electrons. The predicted molar refractivity (Wildman–Crippen MR) is 91.3 cm³/mol. The second-order valence-corrected chi connectivity index (χ2v) is 5.10. The van der Waals surface area contributed by atoms with E-state index in [1.807, 2.05) is 6.08 Å². The highest BCUT2D eigenvalue weighted by molar-refractivity contribution is 6.01. The molecule has 0 unspecified atom stereocenters. The molecule has 0 aromatic carbocycles. The summed E-state index contributed by atoms with van der Waals surface area (Å²) in [6, 6.07) is 0. The van der Waals surface area contributed by atoms with Gasteiger partial charge in [0.15, 0.2) is 5.83 Å². The largest absolute Gasteiger partial charge is 0.490 e. The summed E-state index contributed by atoms with van der Waals surface area (Å²) >= 11 is 0. The lowest BCUT2D eigenvalue weighted by Gasteiger charge is -2.10. The number of allylic oxidation sites excluding steroid dienone is 5. The maximum Gasteiger partial charge on any atom is 0.168 e. The zero-order chi connectivity index (χ0) is 16.4. The Morgan fingerprint density at radius 3 is 2.95 bits per heavy atom. The Kier molecular flexibility index (Phi) is 7.97. The maximum absolute atomic E-state index is 14.3. The van der Waals surface area contributed by atoms with Gasteiger partial charge in [-0.3, -0.25) is 4.99 Å². The summed E-state index contributed by atoms with van der Waals surface area (Å²) in [5.41, 5.74) is 7.09. The number of ether oxygens (including phenoxy) is 1. The van der Waals surface area contributed by atoms with Crippen molar-refractivity contribution < 1.29 is 9.13 Å². The van der Waals surface area contributed by atoms with E-state index in [1.165, 1.54) is 6.20 Å². The van der Waals surface area contributed by atoms with E-state index in [9.17, 15) is 4.39 Å². The Hall–Kier alpha value is -2.10. The van der Waals surface area contributed by atoms with Gasteiger partial charge in [0.05, 0.1) is 6.54 Å². The number of aliphatic imine (C=N–C) groups is 1. The molecule has 3 nitrogen and oxygen atoms in total. The van der Waals surface area contributed by atoms with E-state index in [1.54, 1.807) is 19.9 Å². The minimum Gasteiger partial charge on any atom is -0.490 e. The monoisotopic (exact) mass is 304 g/mol. The fourth-order valence-electron chi connectivity index (χ4n) is 1.91. The van der Waals surface area contributed by atoms with E-state index in [0.29, 0.717) is 18.9 Å². The quantitative estimate of drug-likeness (QED) is 0.431. The minimum atomic E-state index is -0.462. The molecule has 1 aliphatic rings. The van der Waals surface area contributed by atoms with Crippen molar-refractivity contribution in [3.8, 4) is 0 Å². The van der Waals surface area contributed by atoms with Crippen molar-refractivity contribution in [2.45, 2.75) is 33.1 Å². The van der Waals surface area contributed by atoms with Gasteiger partial charge in [-0.05, 0) is 51.0 Å². The summed E-state index contributed by atoms with van der Waals surface area (Å²) in [5.74, 6) is -0.233. The molecule has 0 aromatic rings. The van der Waals surface area contributed by atoms with Gasteiger partial charge in [-0.15, -0.1) is 0 Å². The average molecular weight is 304 g/mol. The normalized spacial score (nSPS) is 17.0. The first kappa shape index (κ1) is 18.0. The number of rotatable bonds is 7. The number of nitrogens with two attached hydrogens (primary N) is 1. The molecule has 4 heteroatoms. The van der Waals surface area contributed by atoms with Crippen LogP contribution in [0, 0.1) is 0 Å². The van der Waals surface area contributed by atoms with Gasteiger partial charge in [-0.2, -0.15) is 0 Å². The Bertz CT molecular complexity index is 539. The van der Waals surface area contributed by atoms with Crippen LogP contribution in [0.2, 0.25) is 0 Å². The van der Waals surface area contributed by atoms with Crippen molar-refractivity contribution in [2.75, 3.05) is 13.2 Å². The van der Waals surface area contributed by atoms with Crippen LogP contribution in [0.5, 0.6) is 0 Å². The van der Waals surface area contributed by atoms with Gasteiger partial charge >= 0.3 is 0 Å². The Morgan fingerprint density at radius 1 is 1.45 bits per heavy atom. The third kappa shape index (κ3) is 6.12. The number of hydrogen-bond acceptors (Lipinski definition) is 3. The zero-order valence-corrected chi connectivity index (χ0v) is 13.4. The molecule has 0 saturated carbocycles. The van der Waals surface area contributed by atoms with Crippen molar-refractivity contribution in [1.29, 1.82) is 0 Å². The highest BCUT2D eigenvalue weighted by atomic mass is 19.1. The van der Waals surface area contributed by atoms with E-state index >= 15 is 0 Å². The molecule has 0 amide bonds. The third-order valence-corrected chi connectivity index (χ3v) is 3.35. The van der Waals surface area contributed by atoms with Gasteiger partial charge in [-0.1, -0.05) is 24.8 Å². The highest BCUT2D eigenvalue weighted by Gasteiger charge is 2.11. The van der Waals surface area contributed by atoms with Crippen LogP contribution in [-0.2, 0) is 4.74 Å². The van der Waals surface area contributed by atoms with E-state index < -0.39 is 5.83 Å². The van der Waals surface area contributed by atoms with Crippen LogP contribution in [-0.4, -0.2) is 18.9 Å². The fraction of sp³-hybridized carbons (Fsp3) is 0.389. The van der Waals surface area contributed by atoms with Crippen molar-refractivity contribution in [3.63, 3.8) is 0 Å². The summed E-state index contributed by atoms with van der Waals surface area (Å²) in [6.45, 7) is 7.84. The lowest BCUT2D eigenvalue weighted by molar-refractivity contribution is 0.233. The molecule has 0 heterocycles. The molecule has 2 N–H and O–H groups in total. The van der Waals surface area contributed by atoms with E-state index in [2.05, 4.69) is 23.7 Å². The summed E-state index contributed by atoms with van der Waals surface area (Å²) in [7, 11) is 0. The van der Waals surface area contributed by atoms with E-state index in [4.69, 9.17) is 10.5 Å². The van der Waals surface area contributed by atoms with Gasteiger partial charge in [0.2, 0.25) is 0 Å². The molecule has 0 saturated heterocycles. The Balaban J connectivity index is 2.65. The smallest absolute Gasteiger partial charge is 0.168 e. The van der Waals surface area contributed by atoms with Crippen molar-refractivity contribution >= 4 is 5.71 Å². The highest BCUT2D eigenvalue weighted by Crippen LogP contribution is 2.19. The lowest BCUT2D eigenvalue weighted by atomic mass is 10.1. The predicted octanol–water partition coefficient (Wildman–Crippen LogP) is 4.36. The summed E-state index contributed by atoms with van der Waals surface area (Å²) in [6.07, 6.45) is 12.6. The average Bonchev–Trinajstić information content (AvgIpc) is 2.80. The topological polar surface area (TPSA) is 47.6 Å². The zero-order valence-electron chi connectivity index (χ0n) is 13.4. The number of hydrogen-bond donors (Lipinski definition) is 1. The minimum absolute atomic E-state index is 0.229. The molecule has 0 aromatic heterocycles. The molecule has 1 rings (SSSR count). The fourth-order valence-corrected chi connectivity index (χ4v) is 1.91. The van der Waals surface area contributed by atoms with Crippen LogP contribution in [0.1, 0.15) is 33.1 Å². The van der Waals surface area contributed by atoms with Crippen LogP contribution >= 0.6 is 0 Å². The van der Waals surface area contributed by atoms with Gasteiger partial charge in [0, 0.05) is 11.3 Å². The van der Waals surface area contributed by atoms with Crippen LogP contribution < -0.4 is 5.73 Å². The third-order valence-electron chi connectivity index (χ3n) is 3.35. The summed E-state index contributed by atoms with van der Waals surface area (Å²) < 4.78 is 19.8. The Morgan fingerprint density at radius 2 is 2.23 bits per heavy atom. The van der Waals surface area contributed by atoms with Gasteiger partial charge in [-0.25, -0.2) is 4.39 Å². The molecular weight excluding hydrogens is 279 g/mol. The van der Waals surface area contributed by atoms with E-state index in [0.717, 1.165) is 24.8 Å². The van der Waals surface area contributed by atoms with Crippen LogP contribution in [0.25, 0.3) is 0 Å². The molecule has 0 radical (unpaired) electrons. The van der Waals surface area contributed by atoms with Crippen molar-refractivity contribution in [1.82, 2.24) is 0 Å². The second-order valence-electron chi connectivity index (χ2n) is 5.10. The Labute approximate surface area is 132 Å². The van der Waals surface area contributed by atoms with Crippen LogP contribution in [0.4, 0.5) is 4.39 Å². The first-order chi connectivity index (χ1) is 10.6. The van der Waals surface area contributed by atoms with Crippen molar-refractivity contribution in [2.24, 2.45) is 10.7 Å². The second kappa shape index (κ2) is 9.77. The molecular formula is C18H25FN2O. The molecule has 0 bridgehead atoms. The number of nitrogens with zero attached hydrogens (tertiary/aromatic N) is 1. The van der Waals surface area contributed by atoms with Crippen molar-refractivity contribution in [3.05, 3.63) is 59.8 Å². The van der Waals surface area contributed by atoms with Crippen LogP contribution in [0.15, 0.2) is 64.8 Å². The van der Waals surface area contributed by atoms with Gasteiger partial charge < -0.3 is 10.5 Å². The maximum atomic E-state index is 14.3. The van der Waals surface area contributed by atoms with Crippen LogP contribution in [0.3, 0.4) is 0 Å². The molecule has 0 atom stereocenters. The SMILES string of the molecule is C=C(/C(F)=C(\C)OCC1=CCCCC=C1)/C(C)=N/C/C=C/N. The first-order valence-corrected chi connectivity index (χ1v) is 7.48. The van der Waals surface area contributed by atoms with Gasteiger partial charge in [0.1, 0.15) is 12.4 Å². The first-order valence-electron chi connectivity index (χ1n) is 7.48. The lowest BCUT2D eigenvalue weighted by Crippen LogP contribution is -2.03. The van der Waals surface area contributed by atoms with E-state index in [-0.39, 0.29) is 11.3 Å². The molecule has 1 aliphatic carbocycles. The standard InChI is InChI=1S/C18H25FN2O/c1-14(15(2)21-12-8-11-20)18(19)16(3)22-13-17-9-6-4-5-7-10-17/h6,8-11H,1,4-5,7,12-13,20H2,2-3H3/b11-8+,18-16-,21-15+.